The number of rotatable bonds is 12. The van der Waals surface area contributed by atoms with Crippen LogP contribution in [0.3, 0.4) is 0 Å². The standard InChI is InChI=1S/C66H44N6O/c1-5-21-45(22-6-1)61-67-62(46-23-7-2-8-24-46)70-65(69-61)55-35-19-31-51(43-55)49-29-17-33-53(41-49)57-37-13-15-39-59(57)73-60-40-16-14-38-58(60)54-34-18-30-50(42-54)52-32-20-36-56(44-52)66-71-63(47-25-9-3-10-26-47)68-64(72-66)48-27-11-4-12-28-48/h1-44H. The first-order valence-corrected chi connectivity index (χ1v) is 24.2. The van der Waals surface area contributed by atoms with E-state index in [1.54, 1.807) is 0 Å². The predicted octanol–water partition coefficient (Wildman–Crippen LogP) is 16.5. The lowest BCUT2D eigenvalue weighted by molar-refractivity contribution is 0.486. The average Bonchev–Trinajstić information content (AvgIpc) is 3.48. The van der Waals surface area contributed by atoms with Gasteiger partial charge in [0.1, 0.15) is 11.5 Å². The zero-order valence-corrected chi connectivity index (χ0v) is 39.5. The highest BCUT2D eigenvalue weighted by Crippen LogP contribution is 2.40. The first-order valence-electron chi connectivity index (χ1n) is 24.2. The lowest BCUT2D eigenvalue weighted by Gasteiger charge is -2.16. The zero-order chi connectivity index (χ0) is 48.8. The van der Waals surface area contributed by atoms with Crippen LogP contribution in [0.4, 0.5) is 0 Å². The largest absolute Gasteiger partial charge is 0.456 e. The number of benzene rings is 10. The van der Waals surface area contributed by atoms with Crippen molar-refractivity contribution in [3.8, 4) is 124 Å². The molecule has 7 nitrogen and oxygen atoms in total. The van der Waals surface area contributed by atoms with Crippen LogP contribution in [0.2, 0.25) is 0 Å². The van der Waals surface area contributed by atoms with Crippen LogP contribution in [0.15, 0.2) is 267 Å². The summed E-state index contributed by atoms with van der Waals surface area (Å²) in [6, 6.07) is 90.5. The van der Waals surface area contributed by atoms with E-state index in [2.05, 4.69) is 121 Å². The zero-order valence-electron chi connectivity index (χ0n) is 39.5. The van der Waals surface area contributed by atoms with Crippen LogP contribution >= 0.6 is 0 Å². The lowest BCUT2D eigenvalue weighted by atomic mass is 9.97. The quantitative estimate of drug-likeness (QED) is 0.121. The first kappa shape index (κ1) is 44.2. The van der Waals surface area contributed by atoms with Gasteiger partial charge in [-0.15, -0.1) is 0 Å². The van der Waals surface area contributed by atoms with Gasteiger partial charge in [0.25, 0.3) is 0 Å². The fraction of sp³-hybridized carbons (Fsp3) is 0. The highest BCUT2D eigenvalue weighted by Gasteiger charge is 2.17. The van der Waals surface area contributed by atoms with E-state index in [4.69, 9.17) is 34.6 Å². The summed E-state index contributed by atoms with van der Waals surface area (Å²) in [6.45, 7) is 0. The van der Waals surface area contributed by atoms with Gasteiger partial charge in [-0.1, -0.05) is 231 Å². The van der Waals surface area contributed by atoms with Crippen LogP contribution < -0.4 is 4.74 Å². The van der Waals surface area contributed by atoms with Crippen LogP contribution in [0.5, 0.6) is 11.5 Å². The Hall–Kier alpha value is -9.98. The van der Waals surface area contributed by atoms with E-state index in [0.717, 1.165) is 89.4 Å². The first-order chi connectivity index (χ1) is 36.1. The Morgan fingerprint density at radius 2 is 0.397 bits per heavy atom. The van der Waals surface area contributed by atoms with Gasteiger partial charge in [0, 0.05) is 44.5 Å². The van der Waals surface area contributed by atoms with Crippen LogP contribution in [0, 0.1) is 0 Å². The van der Waals surface area contributed by atoms with Gasteiger partial charge in [-0.05, 0) is 69.8 Å². The summed E-state index contributed by atoms with van der Waals surface area (Å²) in [7, 11) is 0. The Balaban J connectivity index is 0.840. The van der Waals surface area contributed by atoms with E-state index in [-0.39, 0.29) is 0 Å². The number of para-hydroxylation sites is 2. The van der Waals surface area contributed by atoms with Crippen molar-refractivity contribution in [2.75, 3.05) is 0 Å². The van der Waals surface area contributed by atoms with Gasteiger partial charge in [0.15, 0.2) is 34.9 Å². The maximum absolute atomic E-state index is 6.94. The van der Waals surface area contributed by atoms with Gasteiger partial charge < -0.3 is 4.74 Å². The van der Waals surface area contributed by atoms with Gasteiger partial charge in [0.2, 0.25) is 0 Å². The molecule has 0 radical (unpaired) electrons. The molecule has 0 spiro atoms. The van der Waals surface area contributed by atoms with Crippen LogP contribution in [0.1, 0.15) is 0 Å². The fourth-order valence-electron chi connectivity index (χ4n) is 8.99. The number of hydrogen-bond acceptors (Lipinski definition) is 7. The molecule has 2 heterocycles. The minimum Gasteiger partial charge on any atom is -0.456 e. The molecule has 7 heteroatoms. The molecule has 0 saturated carbocycles. The van der Waals surface area contributed by atoms with E-state index in [9.17, 15) is 0 Å². The molecule has 0 N–H and O–H groups in total. The summed E-state index contributed by atoms with van der Waals surface area (Å²) in [5.41, 5.74) is 13.7. The molecule has 0 atom stereocenters. The summed E-state index contributed by atoms with van der Waals surface area (Å²) in [5, 5.41) is 0. The van der Waals surface area contributed by atoms with E-state index < -0.39 is 0 Å². The summed E-state index contributed by atoms with van der Waals surface area (Å²) >= 11 is 0. The maximum atomic E-state index is 6.94. The smallest absolute Gasteiger partial charge is 0.164 e. The Bertz CT molecular complexity index is 3520. The Morgan fingerprint density at radius 1 is 0.178 bits per heavy atom. The molecule has 0 aliphatic carbocycles. The second-order valence-electron chi connectivity index (χ2n) is 17.5. The van der Waals surface area contributed by atoms with Crippen LogP contribution in [-0.2, 0) is 0 Å². The summed E-state index contributed by atoms with van der Waals surface area (Å²) in [4.78, 5) is 29.8. The minimum absolute atomic E-state index is 0.608. The van der Waals surface area contributed by atoms with Gasteiger partial charge in [-0.2, -0.15) is 0 Å². The monoisotopic (exact) mass is 936 g/mol. The minimum atomic E-state index is 0.608. The number of ether oxygens (including phenoxy) is 1. The molecule has 2 aromatic heterocycles. The molecule has 0 aliphatic rings. The average molecular weight is 937 g/mol. The molecule has 0 amide bonds. The van der Waals surface area contributed by atoms with Crippen LogP contribution in [-0.4, -0.2) is 29.9 Å². The molecule has 0 saturated heterocycles. The third kappa shape index (κ3) is 9.67. The van der Waals surface area contributed by atoms with Crippen molar-refractivity contribution < 1.29 is 4.74 Å². The molecular weight excluding hydrogens is 893 g/mol. The second kappa shape index (κ2) is 20.2. The third-order valence-corrected chi connectivity index (χ3v) is 12.6. The summed E-state index contributed by atoms with van der Waals surface area (Å²) < 4.78 is 6.94. The van der Waals surface area contributed by atoms with Gasteiger partial charge >= 0.3 is 0 Å². The normalized spacial score (nSPS) is 11.0. The van der Waals surface area contributed by atoms with Crippen LogP contribution in [0.25, 0.3) is 113 Å². The highest BCUT2D eigenvalue weighted by molar-refractivity contribution is 5.82. The Labute approximate surface area is 423 Å². The molecule has 344 valence electrons. The molecule has 10 aromatic carbocycles. The van der Waals surface area contributed by atoms with Gasteiger partial charge in [-0.3, -0.25) is 0 Å². The van der Waals surface area contributed by atoms with Crippen molar-refractivity contribution in [3.63, 3.8) is 0 Å². The molecule has 0 unspecified atom stereocenters. The lowest BCUT2D eigenvalue weighted by Crippen LogP contribution is -2.00. The molecule has 12 rings (SSSR count). The summed E-state index contributed by atoms with van der Waals surface area (Å²) in [6.07, 6.45) is 0. The second-order valence-corrected chi connectivity index (χ2v) is 17.5. The van der Waals surface area contributed by atoms with Crippen molar-refractivity contribution in [2.45, 2.75) is 0 Å². The maximum Gasteiger partial charge on any atom is 0.164 e. The number of aromatic nitrogens is 6. The van der Waals surface area contributed by atoms with E-state index in [0.29, 0.717) is 34.9 Å². The molecule has 0 bridgehead atoms. The van der Waals surface area contributed by atoms with E-state index in [1.807, 2.05) is 146 Å². The SMILES string of the molecule is c1ccc(-c2nc(-c3ccccc3)nc(-c3cccc(-c4cccc(-c5ccccc5Oc5ccccc5-c5cccc(-c6cccc(-c7nc(-c8ccccc8)nc(-c8ccccc8)n7)c6)c5)c4)c3)n2)cc1. The fourth-order valence-corrected chi connectivity index (χ4v) is 8.99. The van der Waals surface area contributed by atoms with Crippen molar-refractivity contribution in [2.24, 2.45) is 0 Å². The number of nitrogens with zero attached hydrogens (tertiary/aromatic N) is 6. The van der Waals surface area contributed by atoms with Crippen molar-refractivity contribution >= 4 is 0 Å². The third-order valence-electron chi connectivity index (χ3n) is 12.6. The van der Waals surface area contributed by atoms with E-state index >= 15 is 0 Å². The molecule has 0 fully saturated rings. The highest BCUT2D eigenvalue weighted by atomic mass is 16.5. The summed E-state index contributed by atoms with van der Waals surface area (Å²) in [5.74, 6) is 5.22. The van der Waals surface area contributed by atoms with Gasteiger partial charge in [0.05, 0.1) is 0 Å². The number of hydrogen-bond donors (Lipinski definition) is 0. The molecule has 0 aliphatic heterocycles. The Kier molecular flexibility index (Phi) is 12.2. The van der Waals surface area contributed by atoms with Crippen molar-refractivity contribution in [3.05, 3.63) is 267 Å². The molecular formula is C66H44N6O. The topological polar surface area (TPSA) is 86.6 Å². The Morgan fingerprint density at radius 3 is 0.712 bits per heavy atom. The van der Waals surface area contributed by atoms with Gasteiger partial charge in [-0.25, -0.2) is 29.9 Å². The van der Waals surface area contributed by atoms with Crippen molar-refractivity contribution in [1.82, 2.24) is 29.9 Å². The predicted molar refractivity (Wildman–Crippen MR) is 294 cm³/mol. The van der Waals surface area contributed by atoms with E-state index in [1.165, 1.54) is 0 Å². The molecule has 12 aromatic rings. The molecule has 73 heavy (non-hydrogen) atoms. The van der Waals surface area contributed by atoms with Crippen molar-refractivity contribution in [1.29, 1.82) is 0 Å².